The van der Waals surface area contributed by atoms with Crippen molar-refractivity contribution in [1.82, 2.24) is 10.2 Å². The van der Waals surface area contributed by atoms with Gasteiger partial charge in [0.25, 0.3) is 0 Å². The second-order valence-corrected chi connectivity index (χ2v) is 9.07. The van der Waals surface area contributed by atoms with E-state index >= 15 is 0 Å². The van der Waals surface area contributed by atoms with E-state index in [0.717, 1.165) is 12.5 Å². The molecule has 1 saturated carbocycles. The summed E-state index contributed by atoms with van der Waals surface area (Å²) < 4.78 is 5.56. The number of carbonyl (C=O) groups is 1. The predicted octanol–water partition coefficient (Wildman–Crippen LogP) is 4.58. The minimum atomic E-state index is -0.453. The Labute approximate surface area is 143 Å². The van der Waals surface area contributed by atoms with Crippen LogP contribution in [0.5, 0.6) is 0 Å². The molecule has 0 aromatic carbocycles. The predicted molar refractivity (Wildman–Crippen MR) is 96.7 cm³/mol. The molecule has 4 heteroatoms. The Kier molecular flexibility index (Phi) is 7.37. The first-order valence-electron chi connectivity index (χ1n) is 9.23. The summed E-state index contributed by atoms with van der Waals surface area (Å²) in [6.45, 7) is 15.8. The van der Waals surface area contributed by atoms with Crippen molar-refractivity contribution in [2.75, 3.05) is 13.1 Å². The highest BCUT2D eigenvalue weighted by Gasteiger charge is 2.30. The molecule has 2 atom stereocenters. The topological polar surface area (TPSA) is 41.6 Å². The molecule has 1 aliphatic rings. The first kappa shape index (κ1) is 20.3. The van der Waals surface area contributed by atoms with Crippen molar-refractivity contribution in [2.24, 2.45) is 5.92 Å². The maximum Gasteiger partial charge on any atom is 0.410 e. The van der Waals surface area contributed by atoms with E-state index in [2.05, 4.69) is 33.0 Å². The highest BCUT2D eigenvalue weighted by molar-refractivity contribution is 5.69. The third-order valence-electron chi connectivity index (χ3n) is 4.45. The molecule has 1 aliphatic carbocycles. The summed E-state index contributed by atoms with van der Waals surface area (Å²) in [4.78, 5) is 14.3. The van der Waals surface area contributed by atoms with Crippen LogP contribution in [-0.2, 0) is 4.74 Å². The molecular weight excluding hydrogens is 288 g/mol. The molecule has 2 unspecified atom stereocenters. The van der Waals surface area contributed by atoms with Crippen molar-refractivity contribution < 1.29 is 9.53 Å². The Bertz CT molecular complexity index is 369. The smallest absolute Gasteiger partial charge is 0.410 e. The standard InChI is InChI=1S/C19H38N2O2/c1-15-9-8-10-16(12-11-15)20-13-14-21(18(2,3)4)17(22)23-19(5,6)7/h15-16,20H,8-14H2,1-7H3. The normalized spacial score (nSPS) is 23.3. The van der Waals surface area contributed by atoms with Crippen molar-refractivity contribution in [2.45, 2.75) is 97.8 Å². The molecule has 0 heterocycles. The number of nitrogens with zero attached hydrogens (tertiary/aromatic N) is 1. The van der Waals surface area contributed by atoms with Crippen LogP contribution in [0.1, 0.15) is 80.6 Å². The van der Waals surface area contributed by atoms with Crippen LogP contribution in [0.2, 0.25) is 0 Å². The van der Waals surface area contributed by atoms with E-state index in [4.69, 9.17) is 4.74 Å². The highest BCUT2D eigenvalue weighted by Crippen LogP contribution is 2.23. The van der Waals surface area contributed by atoms with Crippen molar-refractivity contribution >= 4 is 6.09 Å². The van der Waals surface area contributed by atoms with E-state index in [-0.39, 0.29) is 11.6 Å². The number of hydrogen-bond donors (Lipinski definition) is 1. The van der Waals surface area contributed by atoms with Gasteiger partial charge in [0.1, 0.15) is 5.60 Å². The third kappa shape index (κ3) is 8.05. The van der Waals surface area contributed by atoms with E-state index in [1.165, 1.54) is 32.1 Å². The van der Waals surface area contributed by atoms with E-state index in [9.17, 15) is 4.79 Å². The molecular formula is C19H38N2O2. The average Bonchev–Trinajstić information content (AvgIpc) is 2.55. The van der Waals surface area contributed by atoms with Gasteiger partial charge in [-0.25, -0.2) is 4.79 Å². The summed E-state index contributed by atoms with van der Waals surface area (Å²) in [5.41, 5.74) is -0.687. The molecule has 1 amide bonds. The van der Waals surface area contributed by atoms with Gasteiger partial charge in [-0.05, 0) is 66.7 Å². The number of carbonyl (C=O) groups excluding carboxylic acids is 1. The second kappa shape index (κ2) is 8.36. The van der Waals surface area contributed by atoms with E-state index in [0.29, 0.717) is 12.6 Å². The first-order chi connectivity index (χ1) is 10.5. The van der Waals surface area contributed by atoms with Gasteiger partial charge in [-0.15, -0.1) is 0 Å². The van der Waals surface area contributed by atoms with E-state index in [1.54, 1.807) is 0 Å². The minimum absolute atomic E-state index is 0.221. The summed E-state index contributed by atoms with van der Waals surface area (Å²) in [6.07, 6.45) is 6.27. The maximum atomic E-state index is 12.5. The Morgan fingerprint density at radius 3 is 2.30 bits per heavy atom. The largest absolute Gasteiger partial charge is 0.444 e. The van der Waals surface area contributed by atoms with Crippen molar-refractivity contribution in [3.63, 3.8) is 0 Å². The molecule has 1 rings (SSSR count). The molecule has 23 heavy (non-hydrogen) atoms. The lowest BCUT2D eigenvalue weighted by Gasteiger charge is -2.37. The van der Waals surface area contributed by atoms with Crippen LogP contribution in [0.3, 0.4) is 0 Å². The molecule has 4 nitrogen and oxygen atoms in total. The molecule has 0 spiro atoms. The van der Waals surface area contributed by atoms with Crippen molar-refractivity contribution in [1.29, 1.82) is 0 Å². The number of amides is 1. The summed E-state index contributed by atoms with van der Waals surface area (Å²) in [5.74, 6) is 0.856. The Hall–Kier alpha value is -0.770. The van der Waals surface area contributed by atoms with Crippen LogP contribution in [0.25, 0.3) is 0 Å². The number of hydrogen-bond acceptors (Lipinski definition) is 3. The van der Waals surface area contributed by atoms with Gasteiger partial charge in [0.2, 0.25) is 0 Å². The molecule has 0 aliphatic heterocycles. The van der Waals surface area contributed by atoms with Gasteiger partial charge < -0.3 is 15.0 Å². The van der Waals surface area contributed by atoms with E-state index < -0.39 is 5.60 Å². The van der Waals surface area contributed by atoms with Crippen LogP contribution in [0.4, 0.5) is 4.79 Å². The third-order valence-corrected chi connectivity index (χ3v) is 4.45. The van der Waals surface area contributed by atoms with Gasteiger partial charge in [0, 0.05) is 24.7 Å². The Morgan fingerprint density at radius 2 is 1.74 bits per heavy atom. The fourth-order valence-corrected chi connectivity index (χ4v) is 3.09. The Morgan fingerprint density at radius 1 is 1.09 bits per heavy atom. The summed E-state index contributed by atoms with van der Waals surface area (Å²) >= 11 is 0. The monoisotopic (exact) mass is 326 g/mol. The van der Waals surface area contributed by atoms with Crippen molar-refractivity contribution in [3.05, 3.63) is 0 Å². The van der Waals surface area contributed by atoms with E-state index in [1.807, 2.05) is 25.7 Å². The fourth-order valence-electron chi connectivity index (χ4n) is 3.09. The molecule has 1 N–H and O–H groups in total. The Balaban J connectivity index is 2.50. The first-order valence-corrected chi connectivity index (χ1v) is 9.23. The lowest BCUT2D eigenvalue weighted by molar-refractivity contribution is 0.00643. The quantitative estimate of drug-likeness (QED) is 0.769. The highest BCUT2D eigenvalue weighted by atomic mass is 16.6. The zero-order valence-corrected chi connectivity index (χ0v) is 16.4. The SMILES string of the molecule is CC1CCCC(NCCN(C(=O)OC(C)(C)C)C(C)(C)C)CC1. The zero-order valence-electron chi connectivity index (χ0n) is 16.4. The minimum Gasteiger partial charge on any atom is -0.444 e. The van der Waals surface area contributed by atoms with Crippen LogP contribution in [-0.4, -0.2) is 41.3 Å². The molecule has 1 fully saturated rings. The van der Waals surface area contributed by atoms with Crippen LogP contribution < -0.4 is 5.32 Å². The van der Waals surface area contributed by atoms with Crippen LogP contribution in [0, 0.1) is 5.92 Å². The number of nitrogens with one attached hydrogen (secondary N) is 1. The van der Waals surface area contributed by atoms with Gasteiger partial charge in [-0.1, -0.05) is 19.8 Å². The lowest BCUT2D eigenvalue weighted by atomic mass is 10.0. The summed E-state index contributed by atoms with van der Waals surface area (Å²) in [6, 6.07) is 0.598. The van der Waals surface area contributed by atoms with Crippen LogP contribution in [0.15, 0.2) is 0 Å². The second-order valence-electron chi connectivity index (χ2n) is 9.07. The van der Waals surface area contributed by atoms with Crippen molar-refractivity contribution in [3.8, 4) is 0 Å². The summed E-state index contributed by atoms with van der Waals surface area (Å²) in [5, 5.41) is 3.65. The van der Waals surface area contributed by atoms with Gasteiger partial charge >= 0.3 is 6.09 Å². The molecule has 136 valence electrons. The maximum absolute atomic E-state index is 12.5. The van der Waals surface area contributed by atoms with Gasteiger partial charge in [0.15, 0.2) is 0 Å². The van der Waals surface area contributed by atoms with Gasteiger partial charge in [-0.2, -0.15) is 0 Å². The summed E-state index contributed by atoms with van der Waals surface area (Å²) in [7, 11) is 0. The zero-order chi connectivity index (χ0) is 17.7. The lowest BCUT2D eigenvalue weighted by Crippen LogP contribution is -2.51. The van der Waals surface area contributed by atoms with Crippen LogP contribution >= 0.6 is 0 Å². The molecule has 0 aromatic heterocycles. The molecule has 0 bridgehead atoms. The fraction of sp³-hybridized carbons (Fsp3) is 0.947. The molecule has 0 saturated heterocycles. The average molecular weight is 327 g/mol. The number of rotatable bonds is 4. The van der Waals surface area contributed by atoms with Gasteiger partial charge in [0.05, 0.1) is 0 Å². The molecule has 0 aromatic rings. The molecule has 0 radical (unpaired) electrons. The number of ether oxygens (including phenoxy) is 1. The van der Waals surface area contributed by atoms with Gasteiger partial charge in [-0.3, -0.25) is 0 Å².